The average Bonchev–Trinajstić information content (AvgIpc) is 3.32. The number of carbonyl (C=O) groups is 1. The monoisotopic (exact) mass is 475 g/mol. The zero-order chi connectivity index (χ0) is 24.7. The van der Waals surface area contributed by atoms with Crippen LogP contribution in [0.15, 0.2) is 24.4 Å². The molecule has 0 radical (unpaired) electrons. The molecule has 2 aliphatic rings. The maximum absolute atomic E-state index is 13.5. The molecule has 1 atom stereocenters. The van der Waals surface area contributed by atoms with E-state index in [-0.39, 0.29) is 22.8 Å². The van der Waals surface area contributed by atoms with Gasteiger partial charge in [0.25, 0.3) is 5.91 Å². The highest BCUT2D eigenvalue weighted by atomic mass is 19.4. The Bertz CT molecular complexity index is 1110. The molecular formula is C24H28F3N5O2. The second kappa shape index (κ2) is 8.95. The first-order valence-corrected chi connectivity index (χ1v) is 11.2. The van der Waals surface area contributed by atoms with Crippen molar-refractivity contribution in [3.8, 4) is 6.07 Å². The van der Waals surface area contributed by atoms with Crippen LogP contribution in [-0.2, 0) is 18.0 Å². The molecule has 1 unspecified atom stereocenters. The molecule has 0 bridgehead atoms. The molecule has 1 aromatic carbocycles. The number of alkyl halides is 3. The second-order valence-corrected chi connectivity index (χ2v) is 9.33. The Morgan fingerprint density at radius 3 is 2.59 bits per heavy atom. The second-order valence-electron chi connectivity index (χ2n) is 9.33. The summed E-state index contributed by atoms with van der Waals surface area (Å²) in [6, 6.07) is 5.54. The van der Waals surface area contributed by atoms with Crippen LogP contribution in [-0.4, -0.2) is 60.5 Å². The van der Waals surface area contributed by atoms with Crippen LogP contribution >= 0.6 is 0 Å². The summed E-state index contributed by atoms with van der Waals surface area (Å²) in [6.07, 6.45) is -1.38. The lowest BCUT2D eigenvalue weighted by atomic mass is 9.71. The lowest BCUT2D eigenvalue weighted by Crippen LogP contribution is -2.47. The molecule has 182 valence electrons. The van der Waals surface area contributed by atoms with Crippen LogP contribution in [0.25, 0.3) is 0 Å². The predicted octanol–water partition coefficient (Wildman–Crippen LogP) is 3.62. The Morgan fingerprint density at radius 1 is 1.32 bits per heavy atom. The van der Waals surface area contributed by atoms with E-state index in [2.05, 4.69) is 5.10 Å². The van der Waals surface area contributed by atoms with Gasteiger partial charge in [0.15, 0.2) is 0 Å². The topological polar surface area (TPSA) is 74.4 Å². The Balaban J connectivity index is 1.54. The molecule has 4 rings (SSSR count). The van der Waals surface area contributed by atoms with Gasteiger partial charge in [0, 0.05) is 58.1 Å². The molecule has 2 aromatic rings. The SMILES string of the molecule is COCC1CN(c2ccc(C#N)c(C(F)(F)F)c2)CC12CCN(C(=O)c1cn(C)nc1C)CC2. The fourth-order valence-corrected chi connectivity index (χ4v) is 5.42. The molecule has 0 N–H and O–H groups in total. The van der Waals surface area contributed by atoms with Crippen molar-refractivity contribution in [1.29, 1.82) is 5.26 Å². The molecule has 2 aliphatic heterocycles. The number of rotatable bonds is 4. The van der Waals surface area contributed by atoms with Gasteiger partial charge in [0.05, 0.1) is 35.1 Å². The van der Waals surface area contributed by atoms with Gasteiger partial charge >= 0.3 is 6.18 Å². The van der Waals surface area contributed by atoms with E-state index in [0.29, 0.717) is 49.7 Å². The molecule has 34 heavy (non-hydrogen) atoms. The summed E-state index contributed by atoms with van der Waals surface area (Å²) in [4.78, 5) is 16.8. The first kappa shape index (κ1) is 24.1. The van der Waals surface area contributed by atoms with Gasteiger partial charge in [-0.1, -0.05) is 0 Å². The van der Waals surface area contributed by atoms with E-state index in [4.69, 9.17) is 10.00 Å². The van der Waals surface area contributed by atoms with E-state index >= 15 is 0 Å². The molecule has 2 saturated heterocycles. The minimum Gasteiger partial charge on any atom is -0.384 e. The summed E-state index contributed by atoms with van der Waals surface area (Å²) in [5.74, 6) is 0.0837. The maximum atomic E-state index is 13.5. The van der Waals surface area contributed by atoms with E-state index in [0.717, 1.165) is 18.9 Å². The van der Waals surface area contributed by atoms with Crippen molar-refractivity contribution < 1.29 is 22.7 Å². The van der Waals surface area contributed by atoms with Crippen molar-refractivity contribution in [2.75, 3.05) is 44.8 Å². The van der Waals surface area contributed by atoms with Crippen LogP contribution in [0.1, 0.15) is 40.0 Å². The molecule has 0 saturated carbocycles. The number of halogens is 3. The van der Waals surface area contributed by atoms with Crippen LogP contribution in [0.3, 0.4) is 0 Å². The molecular weight excluding hydrogens is 447 g/mol. The average molecular weight is 476 g/mol. The number of methoxy groups -OCH3 is 1. The van der Waals surface area contributed by atoms with Crippen molar-refractivity contribution in [3.05, 3.63) is 46.8 Å². The number of anilines is 1. The molecule has 0 aliphatic carbocycles. The zero-order valence-corrected chi connectivity index (χ0v) is 19.5. The van der Waals surface area contributed by atoms with Gasteiger partial charge in [-0.15, -0.1) is 0 Å². The number of piperidine rings is 1. The first-order valence-electron chi connectivity index (χ1n) is 11.2. The highest BCUT2D eigenvalue weighted by Crippen LogP contribution is 2.47. The Hall–Kier alpha value is -3.06. The minimum absolute atomic E-state index is 0.0412. The summed E-state index contributed by atoms with van der Waals surface area (Å²) in [6.45, 7) is 4.60. The minimum atomic E-state index is -4.60. The molecule has 1 spiro atoms. The van der Waals surface area contributed by atoms with Crippen molar-refractivity contribution in [1.82, 2.24) is 14.7 Å². The van der Waals surface area contributed by atoms with E-state index < -0.39 is 11.7 Å². The molecule has 1 aromatic heterocycles. The fraction of sp³-hybridized carbons (Fsp3) is 0.542. The standard InChI is InChI=1S/C24H28F3N5O2/c1-16-20(13-30(2)29-16)22(33)31-8-6-23(7-9-31)15-32(12-18(23)14-34-3)19-5-4-17(11-28)21(10-19)24(25,26)27/h4-5,10,13,18H,6-9,12,14-15H2,1-3H3. The van der Waals surface area contributed by atoms with Gasteiger partial charge in [-0.2, -0.15) is 23.5 Å². The third-order valence-corrected chi connectivity index (χ3v) is 7.26. The summed E-state index contributed by atoms with van der Waals surface area (Å²) in [7, 11) is 3.41. The largest absolute Gasteiger partial charge is 0.417 e. The number of hydrogen-bond acceptors (Lipinski definition) is 5. The normalized spacial score (nSPS) is 20.1. The molecule has 2 fully saturated rings. The van der Waals surface area contributed by atoms with Gasteiger partial charge in [-0.3, -0.25) is 9.48 Å². The van der Waals surface area contributed by atoms with Crippen LogP contribution in [0.4, 0.5) is 18.9 Å². The number of amides is 1. The lowest BCUT2D eigenvalue weighted by Gasteiger charge is -2.42. The van der Waals surface area contributed by atoms with Gasteiger partial charge < -0.3 is 14.5 Å². The highest BCUT2D eigenvalue weighted by molar-refractivity contribution is 5.95. The molecule has 1 amide bonds. The number of aromatic nitrogens is 2. The van der Waals surface area contributed by atoms with E-state index in [1.807, 2.05) is 16.7 Å². The molecule has 7 nitrogen and oxygen atoms in total. The smallest absolute Gasteiger partial charge is 0.384 e. The summed E-state index contributed by atoms with van der Waals surface area (Å²) in [5.41, 5.74) is 0.285. The van der Waals surface area contributed by atoms with Crippen LogP contribution in [0, 0.1) is 29.6 Å². The highest BCUT2D eigenvalue weighted by Gasteiger charge is 2.49. The quantitative estimate of drug-likeness (QED) is 0.675. The number of benzene rings is 1. The summed E-state index contributed by atoms with van der Waals surface area (Å²) in [5, 5.41) is 13.4. The van der Waals surface area contributed by atoms with Gasteiger partial charge in [-0.25, -0.2) is 0 Å². The Morgan fingerprint density at radius 2 is 2.03 bits per heavy atom. The fourth-order valence-electron chi connectivity index (χ4n) is 5.42. The number of ether oxygens (including phenoxy) is 1. The third-order valence-electron chi connectivity index (χ3n) is 7.26. The van der Waals surface area contributed by atoms with Crippen molar-refractivity contribution in [2.24, 2.45) is 18.4 Å². The van der Waals surface area contributed by atoms with Crippen molar-refractivity contribution >= 4 is 11.6 Å². The summed E-state index contributed by atoms with van der Waals surface area (Å²) < 4.78 is 47.6. The van der Waals surface area contributed by atoms with Crippen molar-refractivity contribution in [3.63, 3.8) is 0 Å². The van der Waals surface area contributed by atoms with Gasteiger partial charge in [-0.05, 0) is 43.4 Å². The predicted molar refractivity (Wildman–Crippen MR) is 119 cm³/mol. The van der Waals surface area contributed by atoms with Crippen molar-refractivity contribution in [2.45, 2.75) is 25.9 Å². The maximum Gasteiger partial charge on any atom is 0.417 e. The number of carbonyl (C=O) groups excluding carboxylic acids is 1. The number of aryl methyl sites for hydroxylation is 2. The molecule has 10 heteroatoms. The number of hydrogen-bond donors (Lipinski definition) is 0. The Kier molecular flexibility index (Phi) is 6.34. The van der Waals surface area contributed by atoms with E-state index in [9.17, 15) is 18.0 Å². The molecule has 3 heterocycles. The number of nitrogens with zero attached hydrogens (tertiary/aromatic N) is 5. The number of nitriles is 1. The van der Waals surface area contributed by atoms with Gasteiger partial charge in [0.1, 0.15) is 0 Å². The lowest BCUT2D eigenvalue weighted by molar-refractivity contribution is -0.137. The Labute approximate surface area is 196 Å². The van der Waals surface area contributed by atoms with Crippen LogP contribution in [0.2, 0.25) is 0 Å². The van der Waals surface area contributed by atoms with E-state index in [1.54, 1.807) is 37.2 Å². The zero-order valence-electron chi connectivity index (χ0n) is 19.5. The van der Waals surface area contributed by atoms with Crippen LogP contribution < -0.4 is 4.90 Å². The third kappa shape index (κ3) is 4.37. The first-order chi connectivity index (χ1) is 16.1. The van der Waals surface area contributed by atoms with Crippen LogP contribution in [0.5, 0.6) is 0 Å². The number of likely N-dealkylation sites (tertiary alicyclic amines) is 1. The van der Waals surface area contributed by atoms with Gasteiger partial charge in [0.2, 0.25) is 0 Å². The summed E-state index contributed by atoms with van der Waals surface area (Å²) >= 11 is 0. The van der Waals surface area contributed by atoms with E-state index in [1.165, 1.54) is 6.07 Å².